The van der Waals surface area contributed by atoms with E-state index in [1.807, 2.05) is 0 Å². The summed E-state index contributed by atoms with van der Waals surface area (Å²) in [5, 5.41) is 19.2. The van der Waals surface area contributed by atoms with Gasteiger partial charge in [0.1, 0.15) is 11.6 Å². The summed E-state index contributed by atoms with van der Waals surface area (Å²) in [5.41, 5.74) is -2.46. The van der Waals surface area contributed by atoms with Crippen LogP contribution in [0.15, 0.2) is 6.07 Å². The predicted octanol–water partition coefficient (Wildman–Crippen LogP) is 2.54. The van der Waals surface area contributed by atoms with Crippen molar-refractivity contribution in [1.29, 1.82) is 5.26 Å². The number of nitrogens with zero attached hydrogens (tertiary/aromatic N) is 3. The number of alkyl halides is 3. The average Bonchev–Trinajstić information content (AvgIpc) is 2.26. The molecular weight excluding hydrogens is 244 g/mol. The number of rotatable bonds is 3. The molecule has 0 aliphatic rings. The van der Waals surface area contributed by atoms with E-state index in [4.69, 9.17) is 16.9 Å². The van der Waals surface area contributed by atoms with Crippen molar-refractivity contribution in [2.45, 2.75) is 12.3 Å². The molecule has 0 N–H and O–H groups in total. The monoisotopic (exact) mass is 247 g/mol. The Morgan fingerprint density at radius 2 is 2.31 bits per heavy atom. The lowest BCUT2D eigenvalue weighted by molar-refractivity contribution is -0.386. The van der Waals surface area contributed by atoms with Gasteiger partial charge in [-0.2, -0.15) is 5.26 Å². The van der Waals surface area contributed by atoms with Crippen molar-refractivity contribution in [1.82, 2.24) is 4.98 Å². The first-order valence-corrected chi connectivity index (χ1v) is 4.47. The number of pyridine rings is 1. The molecule has 0 amide bonds. The van der Waals surface area contributed by atoms with E-state index < -0.39 is 28.3 Å². The summed E-state index contributed by atoms with van der Waals surface area (Å²) in [6, 6.07) is 2.50. The molecular formula is C8H4ClF2N3O2. The number of halogens is 3. The van der Waals surface area contributed by atoms with Crippen molar-refractivity contribution in [3.63, 3.8) is 0 Å². The lowest BCUT2D eigenvalue weighted by Gasteiger charge is -2.04. The Bertz CT molecular complexity index is 473. The van der Waals surface area contributed by atoms with Crippen molar-refractivity contribution in [2.75, 3.05) is 0 Å². The van der Waals surface area contributed by atoms with Crippen molar-refractivity contribution >= 4 is 17.3 Å². The molecule has 0 spiro atoms. The van der Waals surface area contributed by atoms with E-state index in [1.54, 1.807) is 0 Å². The van der Waals surface area contributed by atoms with Gasteiger partial charge >= 0.3 is 5.69 Å². The van der Waals surface area contributed by atoms with Crippen LogP contribution in [0.4, 0.5) is 14.5 Å². The second-order valence-electron chi connectivity index (χ2n) is 2.70. The molecule has 1 aromatic rings. The van der Waals surface area contributed by atoms with E-state index in [9.17, 15) is 18.9 Å². The third kappa shape index (κ3) is 2.23. The topological polar surface area (TPSA) is 79.8 Å². The molecule has 1 aromatic heterocycles. The highest BCUT2D eigenvalue weighted by Crippen LogP contribution is 2.30. The Morgan fingerprint density at radius 3 is 2.69 bits per heavy atom. The van der Waals surface area contributed by atoms with Crippen LogP contribution in [0.1, 0.15) is 23.4 Å². The van der Waals surface area contributed by atoms with Gasteiger partial charge < -0.3 is 0 Å². The van der Waals surface area contributed by atoms with Crippen LogP contribution in [0.3, 0.4) is 0 Å². The van der Waals surface area contributed by atoms with Crippen LogP contribution >= 0.6 is 11.6 Å². The normalized spacial score (nSPS) is 10.2. The summed E-state index contributed by atoms with van der Waals surface area (Å²) in [6.07, 6.45) is -3.13. The zero-order chi connectivity index (χ0) is 12.3. The molecule has 0 atom stereocenters. The molecule has 0 bridgehead atoms. The largest absolute Gasteiger partial charge is 0.314 e. The molecule has 0 fully saturated rings. The smallest absolute Gasteiger partial charge is 0.258 e. The van der Waals surface area contributed by atoms with Crippen molar-refractivity contribution in [3.05, 3.63) is 33.1 Å². The van der Waals surface area contributed by atoms with Gasteiger partial charge in [-0.15, -0.1) is 11.6 Å². The first-order chi connectivity index (χ1) is 7.51. The minimum Gasteiger partial charge on any atom is -0.258 e. The van der Waals surface area contributed by atoms with Crippen LogP contribution in [0.5, 0.6) is 0 Å². The fourth-order valence-electron chi connectivity index (χ4n) is 1.11. The first kappa shape index (κ1) is 12.3. The Kier molecular flexibility index (Phi) is 3.68. The van der Waals surface area contributed by atoms with Gasteiger partial charge in [-0.3, -0.25) is 10.1 Å². The second-order valence-corrected chi connectivity index (χ2v) is 2.97. The minimum atomic E-state index is -3.13. The third-order valence-corrected chi connectivity index (χ3v) is 1.99. The Morgan fingerprint density at radius 1 is 1.69 bits per heavy atom. The quantitative estimate of drug-likeness (QED) is 0.467. The summed E-state index contributed by atoms with van der Waals surface area (Å²) in [6.45, 7) is 0. The van der Waals surface area contributed by atoms with Gasteiger partial charge in [0.2, 0.25) is 0 Å². The van der Waals surface area contributed by atoms with E-state index in [0.29, 0.717) is 0 Å². The fourth-order valence-corrected chi connectivity index (χ4v) is 1.25. The lowest BCUT2D eigenvalue weighted by atomic mass is 10.1. The minimum absolute atomic E-state index is 0.000818. The van der Waals surface area contributed by atoms with E-state index in [0.717, 1.165) is 6.07 Å². The van der Waals surface area contributed by atoms with Gasteiger partial charge in [0.25, 0.3) is 6.43 Å². The molecule has 8 heteroatoms. The van der Waals surface area contributed by atoms with Crippen molar-refractivity contribution in [2.24, 2.45) is 0 Å². The fraction of sp³-hybridized carbons (Fsp3) is 0.250. The van der Waals surface area contributed by atoms with Gasteiger partial charge in [-0.05, 0) is 6.07 Å². The summed E-state index contributed by atoms with van der Waals surface area (Å²) in [4.78, 5) is 12.8. The first-order valence-electron chi connectivity index (χ1n) is 3.93. The predicted molar refractivity (Wildman–Crippen MR) is 50.1 cm³/mol. The van der Waals surface area contributed by atoms with Crippen LogP contribution in [-0.2, 0) is 5.88 Å². The van der Waals surface area contributed by atoms with Crippen LogP contribution in [0.2, 0.25) is 0 Å². The van der Waals surface area contributed by atoms with E-state index in [2.05, 4.69) is 4.98 Å². The molecule has 1 rings (SSSR count). The molecule has 0 aliphatic carbocycles. The van der Waals surface area contributed by atoms with E-state index in [1.165, 1.54) is 6.07 Å². The second kappa shape index (κ2) is 4.81. The summed E-state index contributed by atoms with van der Waals surface area (Å²) in [5.74, 6) is -0.202. The molecule has 0 radical (unpaired) electrons. The molecule has 84 valence electrons. The molecule has 1 heterocycles. The van der Waals surface area contributed by atoms with Crippen molar-refractivity contribution < 1.29 is 13.7 Å². The maximum absolute atomic E-state index is 12.5. The SMILES string of the molecule is N#Cc1cc(CCl)nc(C(F)F)c1[N+](=O)[O-]. The number of aromatic nitrogens is 1. The molecule has 5 nitrogen and oxygen atoms in total. The average molecular weight is 248 g/mol. The van der Waals surface area contributed by atoms with Gasteiger partial charge in [-0.25, -0.2) is 13.8 Å². The highest BCUT2D eigenvalue weighted by Gasteiger charge is 2.28. The highest BCUT2D eigenvalue weighted by atomic mass is 35.5. The molecule has 0 aromatic carbocycles. The Labute approximate surface area is 93.4 Å². The number of nitriles is 1. The molecule has 0 saturated carbocycles. The zero-order valence-corrected chi connectivity index (χ0v) is 8.41. The van der Waals surface area contributed by atoms with E-state index >= 15 is 0 Å². The summed E-state index contributed by atoms with van der Waals surface area (Å²) in [7, 11) is 0. The zero-order valence-electron chi connectivity index (χ0n) is 7.65. The lowest BCUT2D eigenvalue weighted by Crippen LogP contribution is -2.04. The summed E-state index contributed by atoms with van der Waals surface area (Å²) >= 11 is 5.38. The van der Waals surface area contributed by atoms with Crippen LogP contribution in [-0.4, -0.2) is 9.91 Å². The number of hydrogen-bond acceptors (Lipinski definition) is 4. The standard InChI is InChI=1S/C8H4ClF2N3O2/c9-2-5-1-4(3-12)7(14(15)16)6(13-5)8(10)11/h1,8H,2H2. The van der Waals surface area contributed by atoms with E-state index in [-0.39, 0.29) is 11.6 Å². The van der Waals surface area contributed by atoms with Gasteiger partial charge in [-0.1, -0.05) is 0 Å². The van der Waals surface area contributed by atoms with Gasteiger partial charge in [0.05, 0.1) is 16.5 Å². The van der Waals surface area contributed by atoms with Crippen LogP contribution < -0.4 is 0 Å². The van der Waals surface area contributed by atoms with Crippen LogP contribution in [0, 0.1) is 21.4 Å². The molecule has 0 saturated heterocycles. The van der Waals surface area contributed by atoms with Gasteiger partial charge in [0.15, 0.2) is 5.69 Å². The molecule has 16 heavy (non-hydrogen) atoms. The number of nitro groups is 1. The Hall–Kier alpha value is -1.81. The highest BCUT2D eigenvalue weighted by molar-refractivity contribution is 6.16. The van der Waals surface area contributed by atoms with Gasteiger partial charge in [0, 0.05) is 0 Å². The van der Waals surface area contributed by atoms with Crippen LogP contribution in [0.25, 0.3) is 0 Å². The Balaban J connectivity index is 3.55. The summed E-state index contributed by atoms with van der Waals surface area (Å²) < 4.78 is 25.0. The molecule has 0 unspecified atom stereocenters. The maximum atomic E-state index is 12.5. The maximum Gasteiger partial charge on any atom is 0.314 e. The number of hydrogen-bond donors (Lipinski definition) is 0. The third-order valence-electron chi connectivity index (χ3n) is 1.72. The molecule has 0 aliphatic heterocycles. The van der Waals surface area contributed by atoms with Crippen molar-refractivity contribution in [3.8, 4) is 6.07 Å².